The molecule has 8 heteroatoms. The van der Waals surface area contributed by atoms with E-state index in [-0.39, 0.29) is 5.91 Å². The number of nitrogens with one attached hydrogen (secondary N) is 1. The van der Waals surface area contributed by atoms with E-state index in [2.05, 4.69) is 20.2 Å². The van der Waals surface area contributed by atoms with Gasteiger partial charge in [-0.3, -0.25) is 4.79 Å². The normalized spacial score (nSPS) is 14.0. The first-order valence-electron chi connectivity index (χ1n) is 8.92. The second-order valence-corrected chi connectivity index (χ2v) is 7.01. The predicted molar refractivity (Wildman–Crippen MR) is 105 cm³/mol. The summed E-state index contributed by atoms with van der Waals surface area (Å²) >= 11 is 1.41. The van der Waals surface area contributed by atoms with E-state index in [0.717, 1.165) is 41.7 Å². The van der Waals surface area contributed by atoms with Crippen LogP contribution < -0.4 is 15.0 Å². The van der Waals surface area contributed by atoms with Gasteiger partial charge >= 0.3 is 0 Å². The van der Waals surface area contributed by atoms with Gasteiger partial charge in [0, 0.05) is 25.7 Å². The van der Waals surface area contributed by atoms with E-state index in [0.29, 0.717) is 25.5 Å². The number of carbonyl (C=O) groups excluding carboxylic acids is 1. The molecular formula is C19H24N4O3S. The molecule has 1 aliphatic rings. The highest BCUT2D eigenvalue weighted by Gasteiger charge is 2.13. The second kappa shape index (κ2) is 10.1. The zero-order chi connectivity index (χ0) is 18.9. The molecule has 0 unspecified atom stereocenters. The van der Waals surface area contributed by atoms with Crippen LogP contribution in [0.2, 0.25) is 0 Å². The largest absolute Gasteiger partial charge is 0.496 e. The van der Waals surface area contributed by atoms with Gasteiger partial charge in [-0.1, -0.05) is 30.0 Å². The monoisotopic (exact) mass is 388 g/mol. The van der Waals surface area contributed by atoms with Crippen LogP contribution in [-0.4, -0.2) is 61.6 Å². The number of amides is 1. The fourth-order valence-electron chi connectivity index (χ4n) is 2.81. The number of anilines is 1. The first kappa shape index (κ1) is 19.4. The summed E-state index contributed by atoms with van der Waals surface area (Å²) < 4.78 is 10.7. The van der Waals surface area contributed by atoms with Crippen LogP contribution in [0.15, 0.2) is 41.7 Å². The summed E-state index contributed by atoms with van der Waals surface area (Å²) in [5.74, 6) is 2.04. The van der Waals surface area contributed by atoms with Crippen molar-refractivity contribution >= 4 is 23.5 Å². The van der Waals surface area contributed by atoms with Crippen molar-refractivity contribution in [1.82, 2.24) is 15.3 Å². The third kappa shape index (κ3) is 5.83. The van der Waals surface area contributed by atoms with Crippen molar-refractivity contribution in [3.63, 3.8) is 0 Å². The number of morpholine rings is 1. The zero-order valence-electron chi connectivity index (χ0n) is 15.4. The number of aromatic nitrogens is 2. The molecule has 0 spiro atoms. The molecular weight excluding hydrogens is 364 g/mol. The van der Waals surface area contributed by atoms with Crippen molar-refractivity contribution in [3.05, 3.63) is 42.2 Å². The number of para-hydroxylation sites is 1. The Morgan fingerprint density at radius 1 is 1.30 bits per heavy atom. The molecule has 27 heavy (non-hydrogen) atoms. The lowest BCUT2D eigenvalue weighted by Crippen LogP contribution is -2.36. The van der Waals surface area contributed by atoms with Crippen molar-refractivity contribution in [2.24, 2.45) is 0 Å². The molecule has 2 aromatic rings. The summed E-state index contributed by atoms with van der Waals surface area (Å²) in [7, 11) is 1.65. The van der Waals surface area contributed by atoms with Crippen LogP contribution in [-0.2, 0) is 16.0 Å². The SMILES string of the molecule is COc1ccccc1CCNC(=O)CSc1cc(N2CCOCC2)ncn1. The van der Waals surface area contributed by atoms with Gasteiger partial charge in [0.2, 0.25) is 5.91 Å². The quantitative estimate of drug-likeness (QED) is 0.546. The minimum absolute atomic E-state index is 0.0126. The van der Waals surface area contributed by atoms with Gasteiger partial charge in [0.05, 0.1) is 26.1 Å². The fourth-order valence-corrected chi connectivity index (χ4v) is 3.50. The number of benzene rings is 1. The standard InChI is InChI=1S/C19H24N4O3S/c1-25-16-5-3-2-4-15(16)6-7-20-18(24)13-27-19-12-17(21-14-22-19)23-8-10-26-11-9-23/h2-5,12,14H,6-11,13H2,1H3,(H,20,24). The molecule has 1 fully saturated rings. The molecule has 1 amide bonds. The van der Waals surface area contributed by atoms with Crippen LogP contribution >= 0.6 is 11.8 Å². The number of hydrogen-bond donors (Lipinski definition) is 1. The van der Waals surface area contributed by atoms with Gasteiger partial charge in [-0.2, -0.15) is 0 Å². The Morgan fingerprint density at radius 3 is 2.93 bits per heavy atom. The van der Waals surface area contributed by atoms with Gasteiger partial charge in [0.25, 0.3) is 0 Å². The van der Waals surface area contributed by atoms with Crippen molar-refractivity contribution in [3.8, 4) is 5.75 Å². The van der Waals surface area contributed by atoms with Gasteiger partial charge in [-0.15, -0.1) is 0 Å². The topological polar surface area (TPSA) is 76.6 Å². The van der Waals surface area contributed by atoms with Gasteiger partial charge < -0.3 is 19.7 Å². The molecule has 2 heterocycles. The average Bonchev–Trinajstić information content (AvgIpc) is 2.73. The Bertz CT molecular complexity index is 753. The van der Waals surface area contributed by atoms with Crippen LogP contribution in [0.5, 0.6) is 5.75 Å². The highest BCUT2D eigenvalue weighted by molar-refractivity contribution is 7.99. The van der Waals surface area contributed by atoms with E-state index in [1.165, 1.54) is 11.8 Å². The molecule has 1 aliphatic heterocycles. The molecule has 0 atom stereocenters. The van der Waals surface area contributed by atoms with E-state index in [1.54, 1.807) is 13.4 Å². The first-order valence-corrected chi connectivity index (χ1v) is 9.91. The molecule has 0 radical (unpaired) electrons. The maximum Gasteiger partial charge on any atom is 0.230 e. The predicted octanol–water partition coefficient (Wildman–Crippen LogP) is 1.77. The molecule has 1 saturated heterocycles. The summed E-state index contributed by atoms with van der Waals surface area (Å²) in [6, 6.07) is 9.77. The van der Waals surface area contributed by atoms with Crippen molar-refractivity contribution in [2.75, 3.05) is 50.6 Å². The van der Waals surface area contributed by atoms with Crippen LogP contribution in [0.3, 0.4) is 0 Å². The van der Waals surface area contributed by atoms with E-state index in [4.69, 9.17) is 9.47 Å². The summed E-state index contributed by atoms with van der Waals surface area (Å²) in [6.07, 6.45) is 2.28. The first-order chi connectivity index (χ1) is 13.3. The molecule has 144 valence electrons. The number of ether oxygens (including phenoxy) is 2. The summed E-state index contributed by atoms with van der Waals surface area (Å²) in [4.78, 5) is 22.9. The van der Waals surface area contributed by atoms with Gasteiger partial charge in [-0.05, 0) is 18.1 Å². The molecule has 0 aliphatic carbocycles. The van der Waals surface area contributed by atoms with Crippen LogP contribution in [0, 0.1) is 0 Å². The van der Waals surface area contributed by atoms with Crippen molar-refractivity contribution < 1.29 is 14.3 Å². The summed E-state index contributed by atoms with van der Waals surface area (Å²) in [5, 5.41) is 3.74. The number of hydrogen-bond acceptors (Lipinski definition) is 7. The smallest absolute Gasteiger partial charge is 0.230 e. The Labute approximate surface area is 163 Å². The Balaban J connectivity index is 1.43. The molecule has 1 aromatic heterocycles. The Hall–Kier alpha value is -2.32. The average molecular weight is 388 g/mol. The van der Waals surface area contributed by atoms with Crippen LogP contribution in [0.1, 0.15) is 5.56 Å². The number of thioether (sulfide) groups is 1. The number of rotatable bonds is 8. The lowest BCUT2D eigenvalue weighted by Gasteiger charge is -2.27. The minimum Gasteiger partial charge on any atom is -0.496 e. The molecule has 7 nitrogen and oxygen atoms in total. The van der Waals surface area contributed by atoms with E-state index >= 15 is 0 Å². The molecule has 3 rings (SSSR count). The van der Waals surface area contributed by atoms with E-state index < -0.39 is 0 Å². The number of methoxy groups -OCH3 is 1. The second-order valence-electron chi connectivity index (χ2n) is 6.01. The highest BCUT2D eigenvalue weighted by Crippen LogP contribution is 2.20. The van der Waals surface area contributed by atoms with Crippen LogP contribution in [0.25, 0.3) is 0 Å². The highest BCUT2D eigenvalue weighted by atomic mass is 32.2. The molecule has 0 bridgehead atoms. The Kier molecular flexibility index (Phi) is 7.29. The molecule has 1 N–H and O–H groups in total. The van der Waals surface area contributed by atoms with E-state index in [1.807, 2.05) is 30.3 Å². The fraction of sp³-hybridized carbons (Fsp3) is 0.421. The third-order valence-electron chi connectivity index (χ3n) is 4.22. The number of nitrogens with zero attached hydrogens (tertiary/aromatic N) is 3. The van der Waals surface area contributed by atoms with Gasteiger partial charge in [0.1, 0.15) is 22.9 Å². The lowest BCUT2D eigenvalue weighted by atomic mass is 10.1. The number of carbonyl (C=O) groups is 1. The van der Waals surface area contributed by atoms with E-state index in [9.17, 15) is 4.79 Å². The van der Waals surface area contributed by atoms with Crippen molar-refractivity contribution in [1.29, 1.82) is 0 Å². The lowest BCUT2D eigenvalue weighted by molar-refractivity contribution is -0.118. The molecule has 0 saturated carbocycles. The minimum atomic E-state index is -0.0126. The zero-order valence-corrected chi connectivity index (χ0v) is 16.2. The summed E-state index contributed by atoms with van der Waals surface area (Å²) in [6.45, 7) is 3.64. The summed E-state index contributed by atoms with van der Waals surface area (Å²) in [5.41, 5.74) is 1.08. The van der Waals surface area contributed by atoms with Crippen LogP contribution in [0.4, 0.5) is 5.82 Å². The molecule has 1 aromatic carbocycles. The maximum absolute atomic E-state index is 12.1. The Morgan fingerprint density at radius 2 is 2.11 bits per heavy atom. The van der Waals surface area contributed by atoms with Crippen molar-refractivity contribution in [2.45, 2.75) is 11.4 Å². The third-order valence-corrected chi connectivity index (χ3v) is 5.15. The van der Waals surface area contributed by atoms with Gasteiger partial charge in [-0.25, -0.2) is 9.97 Å². The van der Waals surface area contributed by atoms with Gasteiger partial charge in [0.15, 0.2) is 0 Å². The maximum atomic E-state index is 12.1.